The first-order valence-electron chi connectivity index (χ1n) is 10.1. The zero-order valence-corrected chi connectivity index (χ0v) is 18.2. The summed E-state index contributed by atoms with van der Waals surface area (Å²) in [6, 6.07) is 7.63. The number of rotatable bonds is 7. The van der Waals surface area contributed by atoms with Gasteiger partial charge in [0.25, 0.3) is 0 Å². The number of halogens is 5. The zero-order valence-electron chi connectivity index (χ0n) is 18.2. The number of benzene rings is 2. The van der Waals surface area contributed by atoms with E-state index in [1.165, 1.54) is 61.5 Å². The van der Waals surface area contributed by atoms with Crippen LogP contribution in [0.5, 0.6) is 11.5 Å². The average molecular weight is 487 g/mol. The van der Waals surface area contributed by atoms with Gasteiger partial charge in [-0.25, -0.2) is 0 Å². The number of carbonyl (C=O) groups excluding carboxylic acids is 2. The van der Waals surface area contributed by atoms with Crippen molar-refractivity contribution < 1.29 is 41.0 Å². The Morgan fingerprint density at radius 3 is 2.56 bits per heavy atom. The van der Waals surface area contributed by atoms with Crippen LogP contribution in [0.15, 0.2) is 42.5 Å². The fraction of sp³-hybridized carbons (Fsp3) is 0.364. The van der Waals surface area contributed by atoms with Crippen molar-refractivity contribution in [3.63, 3.8) is 0 Å². The maximum Gasteiger partial charge on any atom is 0.409 e. The van der Waals surface area contributed by atoms with Crippen LogP contribution in [0.4, 0.5) is 33.3 Å². The standard InChI is InChI=1S/C22H22F5N3O4/c1-29(11-13-7-8-16(34-21(23)24)17(9-13)33-2)12-20(32)30-15-6-4-3-5-14(15)28-19(31)10-18(30)22(25,26)27/h3-9,18,21H,10-12H2,1-2H3,(H,28,31)/t18-/m1/s1. The lowest BCUT2D eigenvalue weighted by atomic mass is 10.1. The van der Waals surface area contributed by atoms with E-state index in [1.807, 2.05) is 0 Å². The highest BCUT2D eigenvalue weighted by molar-refractivity contribution is 6.05. The van der Waals surface area contributed by atoms with E-state index in [-0.39, 0.29) is 29.4 Å². The summed E-state index contributed by atoms with van der Waals surface area (Å²) in [5, 5.41) is 2.41. The van der Waals surface area contributed by atoms with E-state index in [9.17, 15) is 31.5 Å². The number of ether oxygens (including phenoxy) is 2. The molecule has 0 unspecified atom stereocenters. The highest BCUT2D eigenvalue weighted by Crippen LogP contribution is 2.38. The number of nitrogens with one attached hydrogen (secondary N) is 1. The van der Waals surface area contributed by atoms with E-state index in [0.29, 0.717) is 10.5 Å². The van der Waals surface area contributed by atoms with Crippen molar-refractivity contribution >= 4 is 23.2 Å². The molecule has 2 aromatic carbocycles. The molecule has 0 aromatic heterocycles. The molecule has 0 aliphatic carbocycles. The van der Waals surface area contributed by atoms with E-state index in [1.54, 1.807) is 0 Å². The van der Waals surface area contributed by atoms with Crippen molar-refractivity contribution in [2.45, 2.75) is 31.8 Å². The number of carbonyl (C=O) groups is 2. The quantitative estimate of drug-likeness (QED) is 0.598. The third-order valence-electron chi connectivity index (χ3n) is 5.08. The number of amides is 2. The second-order valence-electron chi connectivity index (χ2n) is 7.63. The zero-order chi connectivity index (χ0) is 25.0. The third kappa shape index (κ3) is 5.93. The Labute approximate surface area is 192 Å². The molecule has 0 saturated carbocycles. The maximum absolute atomic E-state index is 13.8. The minimum absolute atomic E-state index is 0.0423. The number of methoxy groups -OCH3 is 1. The molecule has 1 heterocycles. The molecule has 0 fully saturated rings. The summed E-state index contributed by atoms with van der Waals surface area (Å²) in [5.41, 5.74) is 0.605. The van der Waals surface area contributed by atoms with Gasteiger partial charge in [0.1, 0.15) is 6.04 Å². The monoisotopic (exact) mass is 487 g/mol. The first-order valence-corrected chi connectivity index (χ1v) is 10.1. The molecule has 0 saturated heterocycles. The first-order chi connectivity index (χ1) is 16.0. The minimum Gasteiger partial charge on any atom is -0.493 e. The maximum atomic E-state index is 13.8. The van der Waals surface area contributed by atoms with Gasteiger partial charge in [-0.1, -0.05) is 18.2 Å². The average Bonchev–Trinajstić information content (AvgIpc) is 2.90. The van der Waals surface area contributed by atoms with Gasteiger partial charge in [0.15, 0.2) is 11.5 Å². The Hall–Kier alpha value is -3.41. The topological polar surface area (TPSA) is 71.1 Å². The molecule has 2 aromatic rings. The van der Waals surface area contributed by atoms with Crippen LogP contribution in [-0.4, -0.2) is 56.2 Å². The van der Waals surface area contributed by atoms with Crippen LogP contribution >= 0.6 is 0 Å². The third-order valence-corrected chi connectivity index (χ3v) is 5.08. The predicted molar refractivity (Wildman–Crippen MR) is 113 cm³/mol. The van der Waals surface area contributed by atoms with Crippen LogP contribution in [-0.2, 0) is 16.1 Å². The van der Waals surface area contributed by atoms with E-state index in [4.69, 9.17) is 4.74 Å². The van der Waals surface area contributed by atoms with Crippen molar-refractivity contribution in [1.82, 2.24) is 4.90 Å². The number of para-hydroxylation sites is 2. The Morgan fingerprint density at radius 2 is 1.91 bits per heavy atom. The number of fused-ring (bicyclic) bond motifs is 1. The van der Waals surface area contributed by atoms with E-state index in [0.717, 1.165) is 0 Å². The number of likely N-dealkylation sites (N-methyl/N-ethyl adjacent to an activating group) is 1. The molecule has 184 valence electrons. The Balaban J connectivity index is 1.82. The largest absolute Gasteiger partial charge is 0.493 e. The Morgan fingerprint density at radius 1 is 1.21 bits per heavy atom. The summed E-state index contributed by atoms with van der Waals surface area (Å²) in [6.45, 7) is -3.35. The van der Waals surface area contributed by atoms with Gasteiger partial charge >= 0.3 is 12.8 Å². The molecule has 3 rings (SSSR count). The predicted octanol–water partition coefficient (Wildman–Crippen LogP) is 4.03. The van der Waals surface area contributed by atoms with E-state index >= 15 is 0 Å². The van der Waals surface area contributed by atoms with Crippen LogP contribution in [0.2, 0.25) is 0 Å². The molecule has 2 amide bonds. The number of hydrogen-bond acceptors (Lipinski definition) is 5. The van der Waals surface area contributed by atoms with Crippen molar-refractivity contribution in [2.24, 2.45) is 0 Å². The van der Waals surface area contributed by atoms with Crippen LogP contribution in [0, 0.1) is 0 Å². The fourth-order valence-electron chi connectivity index (χ4n) is 3.67. The SMILES string of the molecule is COc1cc(CN(C)CC(=O)N2c3ccccc3NC(=O)C[C@@H]2C(F)(F)F)ccc1OC(F)F. The first kappa shape index (κ1) is 25.2. The van der Waals surface area contributed by atoms with Gasteiger partial charge in [0.05, 0.1) is 31.5 Å². The van der Waals surface area contributed by atoms with Gasteiger partial charge in [0.2, 0.25) is 11.8 Å². The molecule has 0 spiro atoms. The van der Waals surface area contributed by atoms with Crippen molar-refractivity contribution in [2.75, 3.05) is 30.9 Å². The van der Waals surface area contributed by atoms with Crippen molar-refractivity contribution in [3.8, 4) is 11.5 Å². The molecule has 1 aliphatic rings. The number of alkyl halides is 5. The number of anilines is 2. The van der Waals surface area contributed by atoms with Gasteiger partial charge in [-0.3, -0.25) is 19.4 Å². The number of hydrogen-bond donors (Lipinski definition) is 1. The van der Waals surface area contributed by atoms with E-state index < -0.39 is 43.6 Å². The summed E-state index contributed by atoms with van der Waals surface area (Å²) in [6.07, 6.45) is -5.77. The van der Waals surface area contributed by atoms with Crippen LogP contribution in [0.3, 0.4) is 0 Å². The summed E-state index contributed by atoms with van der Waals surface area (Å²) >= 11 is 0. The van der Waals surface area contributed by atoms with Gasteiger partial charge in [-0.05, 0) is 36.9 Å². The molecule has 1 atom stereocenters. The minimum atomic E-state index is -4.84. The summed E-state index contributed by atoms with van der Waals surface area (Å²) in [5.74, 6) is -1.85. The smallest absolute Gasteiger partial charge is 0.409 e. The van der Waals surface area contributed by atoms with Gasteiger partial charge in [-0.2, -0.15) is 22.0 Å². The highest BCUT2D eigenvalue weighted by Gasteiger charge is 2.49. The molecule has 7 nitrogen and oxygen atoms in total. The fourth-order valence-corrected chi connectivity index (χ4v) is 3.67. The second-order valence-corrected chi connectivity index (χ2v) is 7.63. The van der Waals surface area contributed by atoms with Crippen molar-refractivity contribution in [1.29, 1.82) is 0 Å². The Kier molecular flexibility index (Phi) is 7.60. The highest BCUT2D eigenvalue weighted by atomic mass is 19.4. The molecular weight excluding hydrogens is 465 g/mol. The summed E-state index contributed by atoms with van der Waals surface area (Å²) < 4.78 is 75.9. The number of nitrogens with zero attached hydrogens (tertiary/aromatic N) is 2. The van der Waals surface area contributed by atoms with Gasteiger partial charge in [0, 0.05) is 6.54 Å². The van der Waals surface area contributed by atoms with Crippen LogP contribution in [0.1, 0.15) is 12.0 Å². The summed E-state index contributed by atoms with van der Waals surface area (Å²) in [7, 11) is 2.79. The second kappa shape index (κ2) is 10.2. The molecule has 1 N–H and O–H groups in total. The molecule has 0 radical (unpaired) electrons. The van der Waals surface area contributed by atoms with Crippen LogP contribution < -0.4 is 19.7 Å². The molecule has 34 heavy (non-hydrogen) atoms. The Bertz CT molecular complexity index is 1050. The molecule has 12 heteroatoms. The lowest BCUT2D eigenvalue weighted by Crippen LogP contribution is -2.52. The normalized spacial score (nSPS) is 16.2. The molecule has 0 bridgehead atoms. The lowest BCUT2D eigenvalue weighted by Gasteiger charge is -2.33. The van der Waals surface area contributed by atoms with Gasteiger partial charge in [-0.15, -0.1) is 0 Å². The molecule has 1 aliphatic heterocycles. The van der Waals surface area contributed by atoms with Gasteiger partial charge < -0.3 is 14.8 Å². The van der Waals surface area contributed by atoms with Crippen LogP contribution in [0.25, 0.3) is 0 Å². The van der Waals surface area contributed by atoms with E-state index in [2.05, 4.69) is 10.1 Å². The molecular formula is C22H22F5N3O4. The lowest BCUT2D eigenvalue weighted by molar-refractivity contribution is -0.158. The summed E-state index contributed by atoms with van der Waals surface area (Å²) in [4.78, 5) is 27.2. The van der Waals surface area contributed by atoms with Crippen molar-refractivity contribution in [3.05, 3.63) is 48.0 Å².